The molecule has 1 aliphatic heterocycles. The van der Waals surface area contributed by atoms with E-state index in [1.165, 1.54) is 12.8 Å². The molecule has 2 aliphatic rings. The molecule has 3 heteroatoms. The smallest absolute Gasteiger partial charge is 0.520 e. The summed E-state index contributed by atoms with van der Waals surface area (Å²) in [5.41, 5.74) is 0. The number of rotatable bonds is 2. The first-order valence-electron chi connectivity index (χ1n) is 5.02. The van der Waals surface area contributed by atoms with Gasteiger partial charge in [0, 0.05) is 0 Å². The zero-order valence-electron chi connectivity index (χ0n) is 7.85. The second kappa shape index (κ2) is 3.09. The second-order valence-corrected chi connectivity index (χ2v) is 3.77. The summed E-state index contributed by atoms with van der Waals surface area (Å²) >= 11 is 0. The van der Waals surface area contributed by atoms with E-state index >= 15 is 0 Å². The van der Waals surface area contributed by atoms with E-state index in [2.05, 4.69) is 6.08 Å². The van der Waals surface area contributed by atoms with Gasteiger partial charge in [0.15, 0.2) is 0 Å². The normalized spacial score (nSPS) is 19.3. The molecule has 0 unspecified atom stereocenters. The van der Waals surface area contributed by atoms with Gasteiger partial charge >= 0.3 is 7.12 Å². The van der Waals surface area contributed by atoms with E-state index in [1.807, 2.05) is 30.2 Å². The Bertz CT molecular complexity index is 346. The largest absolute Gasteiger partial charge is 0.624 e. The van der Waals surface area contributed by atoms with Crippen molar-refractivity contribution < 1.29 is 9.31 Å². The summed E-state index contributed by atoms with van der Waals surface area (Å²) in [7, 11) is -0.215. The predicted octanol–water partition coefficient (Wildman–Crippen LogP) is 2.45. The van der Waals surface area contributed by atoms with E-state index in [1.54, 1.807) is 0 Å². The number of benzene rings is 1. The molecule has 0 spiro atoms. The summed E-state index contributed by atoms with van der Waals surface area (Å²) in [4.78, 5) is 0. The van der Waals surface area contributed by atoms with Crippen LogP contribution in [0, 0.1) is 5.92 Å². The zero-order chi connectivity index (χ0) is 9.38. The van der Waals surface area contributed by atoms with Crippen LogP contribution in [0.5, 0.6) is 11.5 Å². The fraction of sp³-hybridized carbons (Fsp3) is 0.273. The molecule has 1 saturated carbocycles. The van der Waals surface area contributed by atoms with E-state index in [0.717, 1.165) is 17.4 Å². The van der Waals surface area contributed by atoms with Crippen molar-refractivity contribution in [2.75, 3.05) is 0 Å². The Morgan fingerprint density at radius 2 is 1.79 bits per heavy atom. The van der Waals surface area contributed by atoms with Crippen molar-refractivity contribution in [3.05, 3.63) is 36.3 Å². The van der Waals surface area contributed by atoms with Gasteiger partial charge in [0.25, 0.3) is 0 Å². The predicted molar refractivity (Wildman–Crippen MR) is 55.3 cm³/mol. The van der Waals surface area contributed by atoms with Crippen LogP contribution >= 0.6 is 0 Å². The van der Waals surface area contributed by atoms with Crippen LogP contribution in [0.25, 0.3) is 0 Å². The van der Waals surface area contributed by atoms with Gasteiger partial charge in [-0.05, 0) is 36.9 Å². The minimum absolute atomic E-state index is 0.215. The molecule has 0 atom stereocenters. The van der Waals surface area contributed by atoms with Crippen LogP contribution in [0.3, 0.4) is 0 Å². The van der Waals surface area contributed by atoms with Crippen molar-refractivity contribution in [2.24, 2.45) is 5.92 Å². The van der Waals surface area contributed by atoms with Gasteiger partial charge in [0.2, 0.25) is 0 Å². The average Bonchev–Trinajstić information content (AvgIpc) is 2.94. The molecule has 1 aliphatic carbocycles. The molecule has 0 amide bonds. The highest BCUT2D eigenvalue weighted by molar-refractivity contribution is 6.53. The average molecular weight is 186 g/mol. The second-order valence-electron chi connectivity index (χ2n) is 3.77. The van der Waals surface area contributed by atoms with Crippen LogP contribution in [0.1, 0.15) is 12.8 Å². The number of hydrogen-bond donors (Lipinski definition) is 0. The maximum atomic E-state index is 5.58. The van der Waals surface area contributed by atoms with Gasteiger partial charge in [-0.1, -0.05) is 18.2 Å². The van der Waals surface area contributed by atoms with E-state index in [0.29, 0.717) is 0 Å². The quantitative estimate of drug-likeness (QED) is 0.660. The number of allylic oxidation sites excluding steroid dienone is 1. The summed E-state index contributed by atoms with van der Waals surface area (Å²) in [5.74, 6) is 4.47. The zero-order valence-corrected chi connectivity index (χ0v) is 7.85. The molecule has 14 heavy (non-hydrogen) atoms. The SMILES string of the molecule is C(=C\C1CC1)/B1Oc2ccccc2O1. The third kappa shape index (κ3) is 1.50. The molecule has 0 radical (unpaired) electrons. The summed E-state index contributed by atoms with van der Waals surface area (Å²) in [6, 6.07) is 7.77. The molecule has 0 aromatic heterocycles. The van der Waals surface area contributed by atoms with Crippen molar-refractivity contribution in [3.8, 4) is 11.5 Å². The topological polar surface area (TPSA) is 18.5 Å². The Morgan fingerprint density at radius 3 is 2.36 bits per heavy atom. The van der Waals surface area contributed by atoms with Crippen molar-refractivity contribution in [2.45, 2.75) is 12.8 Å². The summed E-state index contributed by atoms with van der Waals surface area (Å²) in [6.45, 7) is 0. The molecule has 0 bridgehead atoms. The summed E-state index contributed by atoms with van der Waals surface area (Å²) < 4.78 is 11.2. The van der Waals surface area contributed by atoms with Crippen molar-refractivity contribution >= 4 is 7.12 Å². The van der Waals surface area contributed by atoms with E-state index in [4.69, 9.17) is 9.31 Å². The Morgan fingerprint density at radius 1 is 1.14 bits per heavy atom. The van der Waals surface area contributed by atoms with Crippen LogP contribution in [0.2, 0.25) is 0 Å². The highest BCUT2D eigenvalue weighted by atomic mass is 16.6. The lowest BCUT2D eigenvalue weighted by Crippen LogP contribution is -2.21. The van der Waals surface area contributed by atoms with Gasteiger partial charge in [0.05, 0.1) is 0 Å². The maximum absolute atomic E-state index is 5.58. The Balaban J connectivity index is 1.71. The first kappa shape index (κ1) is 7.98. The lowest BCUT2D eigenvalue weighted by Gasteiger charge is -1.96. The molecule has 3 rings (SSSR count). The highest BCUT2D eigenvalue weighted by Gasteiger charge is 2.29. The van der Waals surface area contributed by atoms with Gasteiger partial charge in [-0.15, -0.1) is 0 Å². The third-order valence-electron chi connectivity index (χ3n) is 2.50. The lowest BCUT2D eigenvalue weighted by molar-refractivity contribution is 0.517. The maximum Gasteiger partial charge on any atom is 0.624 e. The van der Waals surface area contributed by atoms with Crippen LogP contribution in [0.15, 0.2) is 36.3 Å². The molecule has 1 aromatic carbocycles. The lowest BCUT2D eigenvalue weighted by atomic mass is 9.90. The number of para-hydroxylation sites is 2. The monoisotopic (exact) mass is 186 g/mol. The molecule has 0 N–H and O–H groups in total. The fourth-order valence-corrected chi connectivity index (χ4v) is 1.53. The van der Waals surface area contributed by atoms with Crippen LogP contribution in [-0.2, 0) is 0 Å². The Labute approximate surface area is 83.7 Å². The first-order chi connectivity index (χ1) is 6.92. The Kier molecular flexibility index (Phi) is 1.76. The number of fused-ring (bicyclic) bond motifs is 1. The van der Waals surface area contributed by atoms with Crippen molar-refractivity contribution in [1.82, 2.24) is 0 Å². The molecular weight excluding hydrogens is 175 g/mol. The van der Waals surface area contributed by atoms with Crippen LogP contribution in [0.4, 0.5) is 0 Å². The third-order valence-corrected chi connectivity index (χ3v) is 2.50. The van der Waals surface area contributed by atoms with Gasteiger partial charge in [-0.25, -0.2) is 0 Å². The first-order valence-corrected chi connectivity index (χ1v) is 5.02. The van der Waals surface area contributed by atoms with Crippen molar-refractivity contribution in [3.63, 3.8) is 0 Å². The molecule has 70 valence electrons. The number of hydrogen-bond acceptors (Lipinski definition) is 2. The van der Waals surface area contributed by atoms with Crippen LogP contribution < -0.4 is 9.31 Å². The molecular formula is C11H11BO2. The van der Waals surface area contributed by atoms with Gasteiger partial charge in [0.1, 0.15) is 11.5 Å². The standard InChI is InChI=1S/C11H11BO2/c1-2-4-11-10(3-1)13-12(14-11)8-7-9-5-6-9/h1-4,7-9H,5-6H2/b8-7+. The van der Waals surface area contributed by atoms with E-state index in [9.17, 15) is 0 Å². The van der Waals surface area contributed by atoms with Crippen LogP contribution in [-0.4, -0.2) is 7.12 Å². The summed E-state index contributed by atoms with van der Waals surface area (Å²) in [5, 5.41) is 0. The van der Waals surface area contributed by atoms with Gasteiger partial charge < -0.3 is 9.31 Å². The summed E-state index contributed by atoms with van der Waals surface area (Å²) in [6.07, 6.45) is 4.82. The molecule has 0 saturated heterocycles. The highest BCUT2D eigenvalue weighted by Crippen LogP contribution is 2.34. The minimum atomic E-state index is -0.215. The fourth-order valence-electron chi connectivity index (χ4n) is 1.53. The van der Waals surface area contributed by atoms with Gasteiger partial charge in [-0.3, -0.25) is 0 Å². The minimum Gasteiger partial charge on any atom is -0.520 e. The van der Waals surface area contributed by atoms with Crippen molar-refractivity contribution in [1.29, 1.82) is 0 Å². The van der Waals surface area contributed by atoms with E-state index < -0.39 is 0 Å². The molecule has 1 aromatic rings. The molecule has 1 fully saturated rings. The molecule has 2 nitrogen and oxygen atoms in total. The molecule has 1 heterocycles. The van der Waals surface area contributed by atoms with Gasteiger partial charge in [-0.2, -0.15) is 0 Å². The Hall–Kier alpha value is -1.38. The van der Waals surface area contributed by atoms with E-state index in [-0.39, 0.29) is 7.12 Å².